The molecule has 0 heterocycles. The average Bonchev–Trinajstić information content (AvgIpc) is 2.74. The van der Waals surface area contributed by atoms with E-state index in [9.17, 15) is 4.79 Å². The summed E-state index contributed by atoms with van der Waals surface area (Å²) in [4.78, 5) is 11.3. The van der Waals surface area contributed by atoms with Crippen LogP contribution in [-0.4, -0.2) is 19.4 Å². The molecule has 2 rings (SSSR count). The number of hydrogen-bond acceptors (Lipinski definition) is 4. The average molecular weight is 397 g/mol. The smallest absolute Gasteiger partial charge is 0.335 e. The Morgan fingerprint density at radius 2 is 1.31 bits per heavy atom. The van der Waals surface area contributed by atoms with Crippen LogP contribution < -0.4 is 9.47 Å². The van der Waals surface area contributed by atoms with Gasteiger partial charge in [-0.3, -0.25) is 0 Å². The summed E-state index contributed by atoms with van der Waals surface area (Å²) in [6.45, 7) is 8.00. The van der Waals surface area contributed by atoms with E-state index in [1.54, 1.807) is 6.92 Å². The highest BCUT2D eigenvalue weighted by Crippen LogP contribution is 2.25. The summed E-state index contributed by atoms with van der Waals surface area (Å²) < 4.78 is 16.2. The van der Waals surface area contributed by atoms with Gasteiger partial charge in [-0.1, -0.05) is 69.9 Å². The molecule has 0 aliphatic carbocycles. The first-order valence-electron chi connectivity index (χ1n) is 10.4. The van der Waals surface area contributed by atoms with E-state index < -0.39 is 5.97 Å². The minimum absolute atomic E-state index is 0.129. The Kier molecular flexibility index (Phi) is 9.84. The van der Waals surface area contributed by atoms with Gasteiger partial charge in [-0.25, -0.2) is 4.79 Å². The second-order valence-electron chi connectivity index (χ2n) is 7.14. The van der Waals surface area contributed by atoms with Crippen LogP contribution in [0.2, 0.25) is 0 Å². The van der Waals surface area contributed by atoms with Crippen molar-refractivity contribution < 1.29 is 19.0 Å². The van der Waals surface area contributed by atoms with Crippen molar-refractivity contribution in [1.29, 1.82) is 0 Å². The van der Waals surface area contributed by atoms with Crippen molar-refractivity contribution in [3.8, 4) is 22.6 Å². The molecule has 2 aromatic rings. The second-order valence-corrected chi connectivity index (χ2v) is 7.14. The molecule has 0 unspecified atom stereocenters. The molecule has 29 heavy (non-hydrogen) atoms. The highest BCUT2D eigenvalue weighted by Gasteiger charge is 2.04. The van der Waals surface area contributed by atoms with E-state index in [1.165, 1.54) is 32.1 Å². The lowest BCUT2D eigenvalue weighted by atomic mass is 10.1. The van der Waals surface area contributed by atoms with Gasteiger partial charge in [0.15, 0.2) is 0 Å². The largest absolute Gasteiger partial charge is 0.494 e. The SMILES string of the molecule is C=C(C)C(=O)OCOc1ccc(-c2ccc(OCCCCCCCC)cc2)cc1. The predicted molar refractivity (Wildman–Crippen MR) is 117 cm³/mol. The fourth-order valence-corrected chi connectivity index (χ4v) is 2.83. The van der Waals surface area contributed by atoms with E-state index in [4.69, 9.17) is 14.2 Å². The Morgan fingerprint density at radius 1 is 0.793 bits per heavy atom. The van der Waals surface area contributed by atoms with E-state index in [2.05, 4.69) is 25.6 Å². The van der Waals surface area contributed by atoms with Gasteiger partial charge < -0.3 is 14.2 Å². The fraction of sp³-hybridized carbons (Fsp3) is 0.400. The van der Waals surface area contributed by atoms with Crippen LogP contribution in [0.4, 0.5) is 0 Å². The summed E-state index contributed by atoms with van der Waals surface area (Å²) >= 11 is 0. The molecule has 4 nitrogen and oxygen atoms in total. The lowest BCUT2D eigenvalue weighted by Crippen LogP contribution is -2.10. The van der Waals surface area contributed by atoms with Crippen molar-refractivity contribution in [2.45, 2.75) is 52.4 Å². The Labute approximate surface area is 174 Å². The summed E-state index contributed by atoms with van der Waals surface area (Å²) in [6, 6.07) is 15.8. The molecule has 0 aliphatic heterocycles. The van der Waals surface area contributed by atoms with Crippen molar-refractivity contribution in [3.63, 3.8) is 0 Å². The molecule has 0 radical (unpaired) electrons. The zero-order chi connectivity index (χ0) is 20.9. The number of carbonyl (C=O) groups is 1. The third-order valence-electron chi connectivity index (χ3n) is 4.57. The molecule has 0 saturated heterocycles. The minimum atomic E-state index is -0.458. The lowest BCUT2D eigenvalue weighted by Gasteiger charge is -2.09. The van der Waals surface area contributed by atoms with E-state index in [1.807, 2.05) is 36.4 Å². The normalized spacial score (nSPS) is 10.4. The van der Waals surface area contributed by atoms with Gasteiger partial charge in [-0.15, -0.1) is 0 Å². The second kappa shape index (κ2) is 12.7. The molecule has 0 atom stereocenters. The lowest BCUT2D eigenvalue weighted by molar-refractivity contribution is -0.145. The van der Waals surface area contributed by atoms with Crippen molar-refractivity contribution in [2.75, 3.05) is 13.4 Å². The van der Waals surface area contributed by atoms with Crippen molar-refractivity contribution >= 4 is 5.97 Å². The first kappa shape index (κ1) is 22.5. The van der Waals surface area contributed by atoms with E-state index in [0.29, 0.717) is 11.3 Å². The van der Waals surface area contributed by atoms with Gasteiger partial charge in [-0.05, 0) is 48.7 Å². The number of rotatable bonds is 13. The molecule has 4 heteroatoms. The van der Waals surface area contributed by atoms with Gasteiger partial charge in [-0.2, -0.15) is 0 Å². The zero-order valence-corrected chi connectivity index (χ0v) is 17.6. The number of unbranched alkanes of at least 4 members (excludes halogenated alkanes) is 5. The molecule has 0 aromatic heterocycles. The van der Waals surface area contributed by atoms with E-state index in [0.717, 1.165) is 29.9 Å². The molecule has 0 N–H and O–H groups in total. The number of ether oxygens (including phenoxy) is 3. The third kappa shape index (κ3) is 8.43. The quantitative estimate of drug-likeness (QED) is 0.167. The van der Waals surface area contributed by atoms with Gasteiger partial charge in [0.1, 0.15) is 11.5 Å². The van der Waals surface area contributed by atoms with Crippen molar-refractivity contribution in [2.24, 2.45) is 0 Å². The predicted octanol–water partition coefficient (Wildman–Crippen LogP) is 6.55. The number of esters is 1. The fourth-order valence-electron chi connectivity index (χ4n) is 2.83. The van der Waals surface area contributed by atoms with Crippen LogP contribution in [0.5, 0.6) is 11.5 Å². The highest BCUT2D eigenvalue weighted by molar-refractivity contribution is 5.86. The molecular weight excluding hydrogens is 364 g/mol. The van der Waals surface area contributed by atoms with Crippen molar-refractivity contribution in [3.05, 3.63) is 60.7 Å². The maximum Gasteiger partial charge on any atom is 0.335 e. The Balaban J connectivity index is 1.74. The zero-order valence-electron chi connectivity index (χ0n) is 17.6. The number of benzene rings is 2. The van der Waals surface area contributed by atoms with E-state index >= 15 is 0 Å². The highest BCUT2D eigenvalue weighted by atomic mass is 16.7. The van der Waals surface area contributed by atoms with Crippen LogP contribution in [0.15, 0.2) is 60.7 Å². The first-order valence-corrected chi connectivity index (χ1v) is 10.4. The van der Waals surface area contributed by atoms with Crippen LogP contribution in [0, 0.1) is 0 Å². The van der Waals surface area contributed by atoms with Gasteiger partial charge >= 0.3 is 5.97 Å². The molecule has 0 amide bonds. The maximum atomic E-state index is 11.3. The molecular formula is C25H32O4. The Morgan fingerprint density at radius 3 is 1.86 bits per heavy atom. The van der Waals surface area contributed by atoms with Crippen LogP contribution in [0.25, 0.3) is 11.1 Å². The molecule has 2 aromatic carbocycles. The Hall–Kier alpha value is -2.75. The van der Waals surface area contributed by atoms with Gasteiger partial charge in [0.25, 0.3) is 0 Å². The Bertz CT molecular complexity index is 747. The minimum Gasteiger partial charge on any atom is -0.494 e. The van der Waals surface area contributed by atoms with Crippen molar-refractivity contribution in [1.82, 2.24) is 0 Å². The molecule has 0 bridgehead atoms. The van der Waals surface area contributed by atoms with E-state index in [-0.39, 0.29) is 6.79 Å². The van der Waals surface area contributed by atoms with Crippen LogP contribution in [0.3, 0.4) is 0 Å². The molecule has 0 saturated carbocycles. The van der Waals surface area contributed by atoms with Gasteiger partial charge in [0, 0.05) is 5.57 Å². The van der Waals surface area contributed by atoms with Gasteiger partial charge in [0.2, 0.25) is 6.79 Å². The standard InChI is InChI=1S/C25H32O4/c1-4-5-6-7-8-9-18-27-23-14-10-21(11-15-23)22-12-16-24(17-13-22)28-19-29-25(26)20(2)3/h10-17H,2,4-9,18-19H2,1,3H3. The summed E-state index contributed by atoms with van der Waals surface area (Å²) in [5, 5.41) is 0. The van der Waals surface area contributed by atoms with Crippen LogP contribution in [-0.2, 0) is 9.53 Å². The monoisotopic (exact) mass is 396 g/mol. The van der Waals surface area contributed by atoms with Crippen LogP contribution in [0.1, 0.15) is 52.4 Å². The molecule has 156 valence electrons. The maximum absolute atomic E-state index is 11.3. The molecule has 0 spiro atoms. The number of carbonyl (C=O) groups excluding carboxylic acids is 1. The summed E-state index contributed by atoms with van der Waals surface area (Å²) in [5.41, 5.74) is 2.54. The first-order chi connectivity index (χ1) is 14.1. The molecule has 0 aliphatic rings. The van der Waals surface area contributed by atoms with Gasteiger partial charge in [0.05, 0.1) is 6.61 Å². The third-order valence-corrected chi connectivity index (χ3v) is 4.57. The summed E-state index contributed by atoms with van der Waals surface area (Å²) in [6.07, 6.45) is 7.58. The number of hydrogen-bond donors (Lipinski definition) is 0. The summed E-state index contributed by atoms with van der Waals surface area (Å²) in [5.74, 6) is 1.09. The topological polar surface area (TPSA) is 44.8 Å². The molecule has 0 fully saturated rings. The van der Waals surface area contributed by atoms with Crippen LogP contribution >= 0.6 is 0 Å². The summed E-state index contributed by atoms with van der Waals surface area (Å²) in [7, 11) is 0.